The van der Waals surface area contributed by atoms with Crippen molar-refractivity contribution in [1.29, 1.82) is 0 Å². The van der Waals surface area contributed by atoms with Gasteiger partial charge >= 0.3 is 0 Å². The van der Waals surface area contributed by atoms with E-state index in [1.165, 1.54) is 6.42 Å². The first-order valence-corrected chi connectivity index (χ1v) is 4.06. The Balaban J connectivity index is 2.19. The number of hydrogen-bond acceptors (Lipinski definition) is 2. The van der Waals surface area contributed by atoms with Gasteiger partial charge in [0.15, 0.2) is 0 Å². The maximum atomic E-state index is 5.22. The van der Waals surface area contributed by atoms with Gasteiger partial charge in [-0.25, -0.2) is 0 Å². The number of hydrogen-bond donors (Lipinski definition) is 1. The van der Waals surface area contributed by atoms with Crippen LogP contribution in [0.15, 0.2) is 18.3 Å². The Bertz CT molecular complexity index is 304. The van der Waals surface area contributed by atoms with Gasteiger partial charge in [-0.15, -0.1) is 6.42 Å². The molecule has 2 heterocycles. The molecule has 0 aromatic carbocycles. The monoisotopic (exact) mass is 158 g/mol. The van der Waals surface area contributed by atoms with Gasteiger partial charge in [0, 0.05) is 11.8 Å². The predicted octanol–water partition coefficient (Wildman–Crippen LogP) is 1.10. The zero-order chi connectivity index (χ0) is 8.39. The number of terminal acetylenes is 1. The molecule has 0 spiro atoms. The number of aromatic nitrogens is 1. The van der Waals surface area contributed by atoms with Crippen LogP contribution in [0.1, 0.15) is 23.7 Å². The van der Waals surface area contributed by atoms with E-state index in [4.69, 9.17) is 6.42 Å². The molecule has 1 aromatic heterocycles. The predicted molar refractivity (Wildman–Crippen MR) is 47.5 cm³/mol. The van der Waals surface area contributed by atoms with Gasteiger partial charge in [0.25, 0.3) is 0 Å². The molecule has 0 bridgehead atoms. The molecule has 1 fully saturated rings. The summed E-state index contributed by atoms with van der Waals surface area (Å²) in [6.07, 6.45) is 8.15. The van der Waals surface area contributed by atoms with E-state index in [-0.39, 0.29) is 0 Å². The Hall–Kier alpha value is -1.33. The van der Waals surface area contributed by atoms with Crippen LogP contribution in [0, 0.1) is 12.3 Å². The Morgan fingerprint density at radius 2 is 2.42 bits per heavy atom. The lowest BCUT2D eigenvalue weighted by Gasteiger charge is -2.26. The zero-order valence-electron chi connectivity index (χ0n) is 6.75. The molecule has 1 aromatic rings. The van der Waals surface area contributed by atoms with Crippen LogP contribution in [0.3, 0.4) is 0 Å². The Labute approximate surface area is 72.0 Å². The third-order valence-electron chi connectivity index (χ3n) is 2.13. The average molecular weight is 158 g/mol. The van der Waals surface area contributed by atoms with Gasteiger partial charge in [0.2, 0.25) is 0 Å². The molecular weight excluding hydrogens is 148 g/mol. The van der Waals surface area contributed by atoms with E-state index in [0.29, 0.717) is 6.04 Å². The van der Waals surface area contributed by atoms with Crippen molar-refractivity contribution in [3.05, 3.63) is 29.6 Å². The number of nitrogens with zero attached hydrogens (tertiary/aromatic N) is 1. The zero-order valence-corrected chi connectivity index (χ0v) is 6.75. The summed E-state index contributed by atoms with van der Waals surface area (Å²) in [6.45, 7) is 1.10. The van der Waals surface area contributed by atoms with Crippen molar-refractivity contribution in [2.75, 3.05) is 6.54 Å². The summed E-state index contributed by atoms with van der Waals surface area (Å²) in [7, 11) is 0. The molecule has 12 heavy (non-hydrogen) atoms. The Kier molecular flexibility index (Phi) is 1.81. The summed E-state index contributed by atoms with van der Waals surface area (Å²) in [5, 5.41) is 3.29. The number of nitrogens with one attached hydrogen (secondary N) is 1. The Morgan fingerprint density at radius 1 is 1.58 bits per heavy atom. The average Bonchev–Trinajstić information content (AvgIpc) is 2.03. The topological polar surface area (TPSA) is 24.9 Å². The first-order chi connectivity index (χ1) is 5.90. The van der Waals surface area contributed by atoms with E-state index in [2.05, 4.69) is 16.2 Å². The van der Waals surface area contributed by atoms with Gasteiger partial charge in [-0.2, -0.15) is 0 Å². The molecule has 1 saturated heterocycles. The molecule has 1 N–H and O–H groups in total. The highest BCUT2D eigenvalue weighted by Crippen LogP contribution is 2.20. The van der Waals surface area contributed by atoms with Gasteiger partial charge < -0.3 is 5.32 Å². The Morgan fingerprint density at radius 3 is 2.83 bits per heavy atom. The van der Waals surface area contributed by atoms with Crippen LogP contribution in [0.5, 0.6) is 0 Å². The van der Waals surface area contributed by atoms with Crippen molar-refractivity contribution in [1.82, 2.24) is 10.3 Å². The highest BCUT2D eigenvalue weighted by molar-refractivity contribution is 5.30. The smallest absolute Gasteiger partial charge is 0.0574 e. The molecule has 1 aliphatic rings. The van der Waals surface area contributed by atoms with Crippen molar-refractivity contribution in [2.24, 2.45) is 0 Å². The van der Waals surface area contributed by atoms with Crippen molar-refractivity contribution in [3.63, 3.8) is 0 Å². The maximum absolute atomic E-state index is 5.22. The van der Waals surface area contributed by atoms with Crippen LogP contribution in [0.25, 0.3) is 0 Å². The second-order valence-corrected chi connectivity index (χ2v) is 2.91. The number of rotatable bonds is 1. The fourth-order valence-corrected chi connectivity index (χ4v) is 1.24. The molecular formula is C10H10N2. The standard InChI is InChI=1S/C10H10N2/c1-2-8-3-4-9(12-7-8)10-5-6-11-10/h1,3-4,7,10-11H,5-6H2/t10-/m1/s1. The van der Waals surface area contributed by atoms with E-state index in [9.17, 15) is 0 Å². The first kappa shape index (κ1) is 7.33. The molecule has 2 nitrogen and oxygen atoms in total. The van der Waals surface area contributed by atoms with Crippen molar-refractivity contribution < 1.29 is 0 Å². The third-order valence-corrected chi connectivity index (χ3v) is 2.13. The van der Waals surface area contributed by atoms with E-state index < -0.39 is 0 Å². The largest absolute Gasteiger partial charge is 0.309 e. The van der Waals surface area contributed by atoms with Gasteiger partial charge in [0.1, 0.15) is 0 Å². The molecule has 1 aliphatic heterocycles. The van der Waals surface area contributed by atoms with Crippen molar-refractivity contribution >= 4 is 0 Å². The van der Waals surface area contributed by atoms with Crippen LogP contribution < -0.4 is 5.32 Å². The normalized spacial score (nSPS) is 21.1. The minimum Gasteiger partial charge on any atom is -0.309 e. The van der Waals surface area contributed by atoms with Crippen LogP contribution in [-0.4, -0.2) is 11.5 Å². The highest BCUT2D eigenvalue weighted by Gasteiger charge is 2.18. The quantitative estimate of drug-likeness (QED) is 0.619. The van der Waals surface area contributed by atoms with Crippen LogP contribution >= 0.6 is 0 Å². The summed E-state index contributed by atoms with van der Waals surface area (Å²) in [4.78, 5) is 4.27. The minimum atomic E-state index is 0.455. The molecule has 2 rings (SSSR count). The van der Waals surface area contributed by atoms with Gasteiger partial charge in [0.05, 0.1) is 11.7 Å². The summed E-state index contributed by atoms with van der Waals surface area (Å²) in [5.41, 5.74) is 1.94. The second kappa shape index (κ2) is 2.96. The molecule has 0 aliphatic carbocycles. The van der Waals surface area contributed by atoms with Crippen LogP contribution in [0.2, 0.25) is 0 Å². The van der Waals surface area contributed by atoms with E-state index >= 15 is 0 Å². The van der Waals surface area contributed by atoms with E-state index in [0.717, 1.165) is 17.8 Å². The summed E-state index contributed by atoms with van der Waals surface area (Å²) in [5.74, 6) is 2.55. The van der Waals surface area contributed by atoms with Crippen LogP contribution in [0.4, 0.5) is 0 Å². The first-order valence-electron chi connectivity index (χ1n) is 4.06. The lowest BCUT2D eigenvalue weighted by molar-refractivity contribution is 0.375. The van der Waals surface area contributed by atoms with Gasteiger partial charge in [-0.05, 0) is 25.1 Å². The van der Waals surface area contributed by atoms with E-state index in [1.54, 1.807) is 6.20 Å². The van der Waals surface area contributed by atoms with Crippen molar-refractivity contribution in [3.8, 4) is 12.3 Å². The van der Waals surface area contributed by atoms with E-state index in [1.807, 2.05) is 12.1 Å². The molecule has 0 radical (unpaired) electrons. The third kappa shape index (κ3) is 1.19. The molecule has 2 heteroatoms. The van der Waals surface area contributed by atoms with Crippen LogP contribution in [-0.2, 0) is 0 Å². The maximum Gasteiger partial charge on any atom is 0.0574 e. The summed E-state index contributed by atoms with van der Waals surface area (Å²) in [6, 6.07) is 4.38. The summed E-state index contributed by atoms with van der Waals surface area (Å²) >= 11 is 0. The molecule has 0 amide bonds. The highest BCUT2D eigenvalue weighted by atomic mass is 15.0. The molecule has 0 saturated carbocycles. The minimum absolute atomic E-state index is 0.455. The summed E-state index contributed by atoms with van der Waals surface area (Å²) < 4.78 is 0. The molecule has 0 unspecified atom stereocenters. The van der Waals surface area contributed by atoms with Crippen molar-refractivity contribution in [2.45, 2.75) is 12.5 Å². The van der Waals surface area contributed by atoms with Gasteiger partial charge in [-0.3, -0.25) is 4.98 Å². The number of pyridine rings is 1. The molecule has 60 valence electrons. The second-order valence-electron chi connectivity index (χ2n) is 2.91. The molecule has 1 atom stereocenters. The van der Waals surface area contributed by atoms with Gasteiger partial charge in [-0.1, -0.05) is 5.92 Å². The lowest BCUT2D eigenvalue weighted by Crippen LogP contribution is -2.35. The lowest BCUT2D eigenvalue weighted by atomic mass is 10.0. The SMILES string of the molecule is C#Cc1ccc([C@H]2CCN2)nc1. The fraction of sp³-hybridized carbons (Fsp3) is 0.300. The fourth-order valence-electron chi connectivity index (χ4n) is 1.24.